The summed E-state index contributed by atoms with van der Waals surface area (Å²) in [6, 6.07) is 8.40. The molecule has 2 aliphatic heterocycles. The number of amides is 1. The van der Waals surface area contributed by atoms with Crippen molar-refractivity contribution in [3.05, 3.63) is 41.6 Å². The lowest BCUT2D eigenvalue weighted by atomic mass is 9.77. The molecular weight excluding hydrogens is 352 g/mol. The van der Waals surface area contributed by atoms with Gasteiger partial charge in [-0.1, -0.05) is 25.1 Å². The second-order valence-electron chi connectivity index (χ2n) is 8.29. The molecule has 1 aromatic heterocycles. The number of fused-ring (bicyclic) bond motifs is 1. The molecule has 0 saturated carbocycles. The van der Waals surface area contributed by atoms with Gasteiger partial charge in [0.15, 0.2) is 0 Å². The third-order valence-corrected chi connectivity index (χ3v) is 5.95. The summed E-state index contributed by atoms with van der Waals surface area (Å²) in [4.78, 5) is 19.8. The third kappa shape index (κ3) is 3.90. The van der Waals surface area contributed by atoms with Gasteiger partial charge in [0.2, 0.25) is 5.91 Å². The Kier molecular flexibility index (Phi) is 5.62. The number of benzene rings is 1. The van der Waals surface area contributed by atoms with Crippen molar-refractivity contribution in [2.24, 2.45) is 5.92 Å². The van der Waals surface area contributed by atoms with E-state index in [-0.39, 0.29) is 5.91 Å². The van der Waals surface area contributed by atoms with Gasteiger partial charge in [-0.25, -0.2) is 0 Å². The number of hydrogen-bond donors (Lipinski definition) is 2. The molecule has 0 spiro atoms. The molecule has 0 aliphatic carbocycles. The Morgan fingerprint density at radius 2 is 2.18 bits per heavy atom. The fraction of sp³-hybridized carbons (Fsp3) is 0.545. The van der Waals surface area contributed by atoms with E-state index in [0.29, 0.717) is 25.7 Å². The van der Waals surface area contributed by atoms with Crippen molar-refractivity contribution in [2.45, 2.75) is 25.8 Å². The number of aryl methyl sites for hydroxylation is 1. The zero-order valence-electron chi connectivity index (χ0n) is 16.8. The predicted octanol–water partition coefficient (Wildman–Crippen LogP) is 1.82. The van der Waals surface area contributed by atoms with Crippen molar-refractivity contribution < 1.29 is 9.53 Å². The van der Waals surface area contributed by atoms with Crippen LogP contribution in [-0.4, -0.2) is 61.7 Å². The highest BCUT2D eigenvalue weighted by Crippen LogP contribution is 2.36. The van der Waals surface area contributed by atoms with Crippen molar-refractivity contribution in [3.8, 4) is 0 Å². The Labute approximate surface area is 166 Å². The van der Waals surface area contributed by atoms with Crippen LogP contribution in [0.4, 0.5) is 0 Å². The van der Waals surface area contributed by atoms with E-state index >= 15 is 0 Å². The number of piperidine rings is 1. The molecule has 2 saturated heterocycles. The largest absolute Gasteiger partial charge is 0.379 e. The molecule has 0 radical (unpaired) electrons. The van der Waals surface area contributed by atoms with Crippen LogP contribution in [0.15, 0.2) is 30.5 Å². The lowest BCUT2D eigenvalue weighted by molar-refractivity contribution is -0.125. The molecule has 2 aliphatic rings. The van der Waals surface area contributed by atoms with Crippen molar-refractivity contribution in [3.63, 3.8) is 0 Å². The normalized spacial score (nSPS) is 26.3. The van der Waals surface area contributed by atoms with Gasteiger partial charge in [-0.05, 0) is 43.0 Å². The molecule has 150 valence electrons. The minimum atomic E-state index is -0.421. The number of aromatic nitrogens is 1. The molecule has 2 atom stereocenters. The van der Waals surface area contributed by atoms with Gasteiger partial charge in [-0.3, -0.25) is 14.7 Å². The SMILES string of the molecule is Cc1ccc([C@@]2(NC(=O)CN3CCOCC3)CNC[C@@H](C)C2)c2cccnc12. The van der Waals surface area contributed by atoms with Crippen LogP contribution in [0.2, 0.25) is 0 Å². The van der Waals surface area contributed by atoms with Crippen LogP contribution < -0.4 is 10.6 Å². The van der Waals surface area contributed by atoms with Gasteiger partial charge in [0.25, 0.3) is 0 Å². The average molecular weight is 383 g/mol. The summed E-state index contributed by atoms with van der Waals surface area (Å²) in [6.45, 7) is 9.48. The number of rotatable bonds is 4. The van der Waals surface area contributed by atoms with Crippen LogP contribution >= 0.6 is 0 Å². The van der Waals surface area contributed by atoms with Crippen molar-refractivity contribution in [2.75, 3.05) is 45.9 Å². The van der Waals surface area contributed by atoms with E-state index in [9.17, 15) is 4.79 Å². The second-order valence-corrected chi connectivity index (χ2v) is 8.29. The minimum absolute atomic E-state index is 0.0791. The summed E-state index contributed by atoms with van der Waals surface area (Å²) in [5.41, 5.74) is 2.91. The molecule has 3 heterocycles. The number of nitrogens with one attached hydrogen (secondary N) is 2. The first-order valence-electron chi connectivity index (χ1n) is 10.2. The average Bonchev–Trinajstić information content (AvgIpc) is 2.69. The van der Waals surface area contributed by atoms with E-state index < -0.39 is 5.54 Å². The zero-order chi connectivity index (χ0) is 19.6. The van der Waals surface area contributed by atoms with Crippen molar-refractivity contribution in [1.29, 1.82) is 0 Å². The molecule has 2 fully saturated rings. The van der Waals surface area contributed by atoms with Crippen LogP contribution in [0.1, 0.15) is 24.5 Å². The van der Waals surface area contributed by atoms with E-state index in [2.05, 4.69) is 52.6 Å². The number of nitrogens with zero attached hydrogens (tertiary/aromatic N) is 2. The monoisotopic (exact) mass is 382 g/mol. The van der Waals surface area contributed by atoms with E-state index in [4.69, 9.17) is 4.74 Å². The maximum Gasteiger partial charge on any atom is 0.234 e. The molecule has 6 nitrogen and oxygen atoms in total. The number of pyridine rings is 1. The Morgan fingerprint density at radius 1 is 1.36 bits per heavy atom. The molecule has 6 heteroatoms. The predicted molar refractivity (Wildman–Crippen MR) is 110 cm³/mol. The Balaban J connectivity index is 1.67. The van der Waals surface area contributed by atoms with E-state index in [1.165, 1.54) is 0 Å². The first-order chi connectivity index (χ1) is 13.6. The van der Waals surface area contributed by atoms with Crippen LogP contribution in [0.3, 0.4) is 0 Å². The molecular formula is C22H30N4O2. The highest BCUT2D eigenvalue weighted by molar-refractivity contribution is 5.87. The molecule has 2 aromatic rings. The lowest BCUT2D eigenvalue weighted by Gasteiger charge is -2.42. The van der Waals surface area contributed by atoms with Crippen LogP contribution in [-0.2, 0) is 15.1 Å². The van der Waals surface area contributed by atoms with Gasteiger partial charge in [0.1, 0.15) is 0 Å². The van der Waals surface area contributed by atoms with Crippen molar-refractivity contribution in [1.82, 2.24) is 20.5 Å². The highest BCUT2D eigenvalue weighted by Gasteiger charge is 2.39. The Bertz CT molecular complexity index is 850. The molecule has 4 rings (SSSR count). The maximum absolute atomic E-state index is 13.0. The lowest BCUT2D eigenvalue weighted by Crippen LogP contribution is -2.59. The third-order valence-electron chi connectivity index (χ3n) is 5.95. The maximum atomic E-state index is 13.0. The van der Waals surface area contributed by atoms with Gasteiger partial charge in [-0.15, -0.1) is 0 Å². The molecule has 1 amide bonds. The smallest absolute Gasteiger partial charge is 0.234 e. The topological polar surface area (TPSA) is 66.5 Å². The molecule has 1 aromatic carbocycles. The van der Waals surface area contributed by atoms with Gasteiger partial charge < -0.3 is 15.4 Å². The van der Waals surface area contributed by atoms with Gasteiger partial charge in [0.05, 0.1) is 30.8 Å². The molecule has 0 bridgehead atoms. The number of hydrogen-bond acceptors (Lipinski definition) is 5. The fourth-order valence-corrected chi connectivity index (χ4v) is 4.64. The van der Waals surface area contributed by atoms with E-state index in [1.807, 2.05) is 12.3 Å². The fourth-order valence-electron chi connectivity index (χ4n) is 4.64. The second kappa shape index (κ2) is 8.15. The summed E-state index contributed by atoms with van der Waals surface area (Å²) in [5.74, 6) is 0.556. The highest BCUT2D eigenvalue weighted by atomic mass is 16.5. The summed E-state index contributed by atoms with van der Waals surface area (Å²) in [6.07, 6.45) is 2.76. The summed E-state index contributed by atoms with van der Waals surface area (Å²) < 4.78 is 5.40. The number of carbonyl (C=O) groups excluding carboxylic acids is 1. The van der Waals surface area contributed by atoms with E-state index in [1.54, 1.807) is 0 Å². The first-order valence-corrected chi connectivity index (χ1v) is 10.2. The summed E-state index contributed by atoms with van der Waals surface area (Å²) in [7, 11) is 0. The standard InChI is InChI=1S/C22H30N4O2/c1-16-12-22(15-23-13-16,25-20(27)14-26-8-10-28-11-9-26)19-6-5-17(2)21-18(19)4-3-7-24-21/h3-7,16,23H,8-15H2,1-2H3,(H,25,27)/t16-,22-/m0/s1. The van der Waals surface area contributed by atoms with Gasteiger partial charge >= 0.3 is 0 Å². The summed E-state index contributed by atoms with van der Waals surface area (Å²) in [5, 5.41) is 8.10. The van der Waals surface area contributed by atoms with Gasteiger partial charge in [0, 0.05) is 31.2 Å². The minimum Gasteiger partial charge on any atom is -0.379 e. The molecule has 0 unspecified atom stereocenters. The molecule has 28 heavy (non-hydrogen) atoms. The number of morpholine rings is 1. The Hall–Kier alpha value is -2.02. The van der Waals surface area contributed by atoms with Crippen LogP contribution in [0, 0.1) is 12.8 Å². The molecule has 2 N–H and O–H groups in total. The Morgan fingerprint density at radius 3 is 2.96 bits per heavy atom. The van der Waals surface area contributed by atoms with Crippen LogP contribution in [0.25, 0.3) is 10.9 Å². The zero-order valence-corrected chi connectivity index (χ0v) is 16.8. The van der Waals surface area contributed by atoms with Gasteiger partial charge in [-0.2, -0.15) is 0 Å². The first kappa shape index (κ1) is 19.3. The summed E-state index contributed by atoms with van der Waals surface area (Å²) >= 11 is 0. The van der Waals surface area contributed by atoms with Crippen molar-refractivity contribution >= 4 is 16.8 Å². The van der Waals surface area contributed by atoms with Crippen LogP contribution in [0.5, 0.6) is 0 Å². The quantitative estimate of drug-likeness (QED) is 0.844. The number of ether oxygens (including phenoxy) is 1. The van der Waals surface area contributed by atoms with E-state index in [0.717, 1.165) is 54.6 Å². The number of carbonyl (C=O) groups is 1.